The van der Waals surface area contributed by atoms with Crippen LogP contribution in [-0.4, -0.2) is 70.7 Å². The molecule has 1 saturated heterocycles. The molecule has 2 rings (SSSR count). The third-order valence-electron chi connectivity index (χ3n) is 9.31. The molecule has 1 aliphatic heterocycles. The largest absolute Gasteiger partial charge is 0.497 e. The van der Waals surface area contributed by atoms with Crippen LogP contribution in [0.3, 0.4) is 0 Å². The van der Waals surface area contributed by atoms with Gasteiger partial charge in [-0.25, -0.2) is 4.79 Å². The number of rotatable bonds is 18. The molecule has 7 atom stereocenters. The number of allylic oxidation sites excluding steroid dienone is 1. The van der Waals surface area contributed by atoms with Gasteiger partial charge in [-0.05, 0) is 73.0 Å². The normalized spacial score (nSPS) is 22.3. The van der Waals surface area contributed by atoms with Crippen LogP contribution in [0.25, 0.3) is 0 Å². The highest BCUT2D eigenvalue weighted by atomic mass is 28.4. The van der Waals surface area contributed by atoms with Crippen molar-refractivity contribution in [1.29, 1.82) is 0 Å². The maximum atomic E-state index is 13.6. The van der Waals surface area contributed by atoms with E-state index in [2.05, 4.69) is 52.7 Å². The van der Waals surface area contributed by atoms with Crippen molar-refractivity contribution in [3.05, 3.63) is 54.6 Å². The predicted octanol–water partition coefficient (Wildman–Crippen LogP) is 7.44. The summed E-state index contributed by atoms with van der Waals surface area (Å²) in [4.78, 5) is 37.5. The number of carbonyl (C=O) groups excluding carboxylic acids is 3. The van der Waals surface area contributed by atoms with E-state index in [9.17, 15) is 14.4 Å². The molecular formula is C37H59NO8Si. The van der Waals surface area contributed by atoms with Gasteiger partial charge in [0.2, 0.25) is 0 Å². The minimum atomic E-state index is -2.15. The van der Waals surface area contributed by atoms with Crippen molar-refractivity contribution in [1.82, 2.24) is 5.32 Å². The molecule has 1 fully saturated rings. The second-order valence-corrected chi connectivity index (χ2v) is 19.3. The minimum Gasteiger partial charge on any atom is -0.497 e. The zero-order chi connectivity index (χ0) is 35.4. The molecule has 0 saturated carbocycles. The molecule has 47 heavy (non-hydrogen) atoms. The van der Waals surface area contributed by atoms with Crippen LogP contribution in [0.15, 0.2) is 49.1 Å². The second kappa shape index (κ2) is 18.7. The van der Waals surface area contributed by atoms with Crippen LogP contribution in [0.1, 0.15) is 73.3 Å². The first-order valence-electron chi connectivity index (χ1n) is 16.8. The lowest BCUT2D eigenvalue weighted by Gasteiger charge is -2.47. The van der Waals surface area contributed by atoms with E-state index in [1.54, 1.807) is 13.2 Å². The summed E-state index contributed by atoms with van der Waals surface area (Å²) >= 11 is 0. The summed E-state index contributed by atoms with van der Waals surface area (Å²) in [6.45, 7) is 23.1. The van der Waals surface area contributed by atoms with E-state index >= 15 is 0 Å². The Bertz CT molecular complexity index is 1190. The number of ether oxygens (including phenoxy) is 4. The molecule has 1 N–H and O–H groups in total. The number of hydrogen-bond donors (Lipinski definition) is 1. The highest BCUT2D eigenvalue weighted by molar-refractivity contribution is 6.74. The van der Waals surface area contributed by atoms with Gasteiger partial charge in [0.05, 0.1) is 38.1 Å². The van der Waals surface area contributed by atoms with Crippen LogP contribution in [0.4, 0.5) is 4.79 Å². The van der Waals surface area contributed by atoms with E-state index in [1.165, 1.54) is 19.1 Å². The lowest BCUT2D eigenvalue weighted by atomic mass is 9.83. The van der Waals surface area contributed by atoms with Crippen LogP contribution < -0.4 is 10.1 Å². The van der Waals surface area contributed by atoms with Crippen molar-refractivity contribution in [2.45, 2.75) is 117 Å². The van der Waals surface area contributed by atoms with Gasteiger partial charge in [-0.2, -0.15) is 0 Å². The molecule has 1 amide bonds. The Kier molecular flexibility index (Phi) is 16.0. The smallest absolute Gasteiger partial charge is 0.407 e. The molecule has 0 aliphatic carbocycles. The number of carbonyl (C=O) groups is 3. The van der Waals surface area contributed by atoms with Crippen molar-refractivity contribution in [2.75, 3.05) is 20.3 Å². The van der Waals surface area contributed by atoms with Gasteiger partial charge >= 0.3 is 6.09 Å². The minimum absolute atomic E-state index is 0.0107. The van der Waals surface area contributed by atoms with Gasteiger partial charge in [0.25, 0.3) is 0 Å². The summed E-state index contributed by atoms with van der Waals surface area (Å²) in [6, 6.07) is 7.61. The van der Waals surface area contributed by atoms with Gasteiger partial charge in [-0.15, -0.1) is 0 Å². The van der Waals surface area contributed by atoms with E-state index in [1.807, 2.05) is 38.1 Å². The van der Waals surface area contributed by atoms with Gasteiger partial charge in [-0.1, -0.05) is 72.4 Å². The molecule has 0 bridgehead atoms. The van der Waals surface area contributed by atoms with Gasteiger partial charge < -0.3 is 28.7 Å². The van der Waals surface area contributed by atoms with E-state index in [0.29, 0.717) is 19.6 Å². The Morgan fingerprint density at radius 2 is 1.79 bits per heavy atom. The number of methoxy groups -OCH3 is 1. The highest BCUT2D eigenvalue weighted by Gasteiger charge is 2.46. The van der Waals surface area contributed by atoms with Gasteiger partial charge in [0.1, 0.15) is 18.1 Å². The molecule has 0 spiro atoms. The Morgan fingerprint density at radius 1 is 1.13 bits per heavy atom. The van der Waals surface area contributed by atoms with Gasteiger partial charge in [0, 0.05) is 19.4 Å². The number of Topliss-reactive ketones (excluding diaryl/α,β-unsaturated/α-hetero) is 1. The lowest BCUT2D eigenvalue weighted by Crippen LogP contribution is -2.55. The monoisotopic (exact) mass is 673 g/mol. The SMILES string of the molecule is C=CCOC(=O)NCC1OC(C(C)CC(=O)CC(C)C(C=CC(C)=O)OCc2ccc(OC)cc2)C(O[Si](C)(C)C(C)(C)C)CC1C. The average molecular weight is 674 g/mol. The quantitative estimate of drug-likeness (QED) is 0.0973. The summed E-state index contributed by atoms with van der Waals surface area (Å²) < 4.78 is 30.1. The number of ketones is 2. The van der Waals surface area contributed by atoms with Crippen LogP contribution in [0, 0.1) is 17.8 Å². The first-order valence-corrected chi connectivity index (χ1v) is 19.7. The van der Waals surface area contributed by atoms with Crippen LogP contribution >= 0.6 is 0 Å². The maximum Gasteiger partial charge on any atom is 0.407 e. The number of hydrogen-bond acceptors (Lipinski definition) is 8. The lowest BCUT2D eigenvalue weighted by molar-refractivity contribution is -0.156. The van der Waals surface area contributed by atoms with Crippen LogP contribution in [0.2, 0.25) is 18.1 Å². The molecule has 9 nitrogen and oxygen atoms in total. The highest BCUT2D eigenvalue weighted by Crippen LogP contribution is 2.41. The zero-order valence-electron chi connectivity index (χ0n) is 30.3. The average Bonchev–Trinajstić information content (AvgIpc) is 2.98. The molecular weight excluding hydrogens is 614 g/mol. The van der Waals surface area contributed by atoms with E-state index in [4.69, 9.17) is 23.4 Å². The van der Waals surface area contributed by atoms with Crippen molar-refractivity contribution in [3.63, 3.8) is 0 Å². The van der Waals surface area contributed by atoms with Crippen LogP contribution in [-0.2, 0) is 34.8 Å². The number of nitrogens with one attached hydrogen (secondary N) is 1. The van der Waals surface area contributed by atoms with Crippen molar-refractivity contribution in [3.8, 4) is 5.75 Å². The molecule has 7 unspecified atom stereocenters. The number of amides is 1. The van der Waals surface area contributed by atoms with Gasteiger partial charge in [0.15, 0.2) is 14.1 Å². The fraction of sp³-hybridized carbons (Fsp3) is 0.649. The molecule has 1 heterocycles. The summed E-state index contributed by atoms with van der Waals surface area (Å²) in [5.74, 6) is 0.615. The van der Waals surface area contributed by atoms with E-state index in [-0.39, 0.29) is 65.7 Å². The van der Waals surface area contributed by atoms with E-state index in [0.717, 1.165) is 17.7 Å². The standard InChI is InChI=1S/C37H59NO8Si/c1-12-19-43-36(41)38-23-34-26(3)22-33(46-47(10,11)37(6,7)8)35(45-34)27(4)21-30(40)20-25(2)32(18-13-28(5)39)44-24-29-14-16-31(42-9)17-15-29/h12-18,25-27,32-35H,1,19-24H2,2-11H3,(H,38,41). The summed E-state index contributed by atoms with van der Waals surface area (Å²) in [7, 11) is -0.527. The molecule has 0 aromatic heterocycles. The maximum absolute atomic E-state index is 13.6. The summed E-state index contributed by atoms with van der Waals surface area (Å²) in [5, 5.41) is 2.82. The summed E-state index contributed by atoms with van der Waals surface area (Å²) in [6.07, 6.45) is 4.45. The third kappa shape index (κ3) is 13.3. The van der Waals surface area contributed by atoms with E-state index < -0.39 is 20.5 Å². The number of benzene rings is 1. The topological polar surface area (TPSA) is 109 Å². The first kappa shape index (κ1) is 40.4. The van der Waals surface area contributed by atoms with Gasteiger partial charge in [-0.3, -0.25) is 9.59 Å². The Morgan fingerprint density at radius 3 is 2.36 bits per heavy atom. The predicted molar refractivity (Wildman–Crippen MR) is 188 cm³/mol. The van der Waals surface area contributed by atoms with Crippen molar-refractivity contribution >= 4 is 26.0 Å². The summed E-state index contributed by atoms with van der Waals surface area (Å²) in [5.41, 5.74) is 0.966. The van der Waals surface area contributed by atoms with Crippen molar-refractivity contribution < 1.29 is 37.8 Å². The number of alkyl carbamates (subject to hydrolysis) is 1. The zero-order valence-corrected chi connectivity index (χ0v) is 31.3. The van der Waals surface area contributed by atoms with Crippen LogP contribution in [0.5, 0.6) is 5.75 Å². The fourth-order valence-electron chi connectivity index (χ4n) is 5.45. The van der Waals surface area contributed by atoms with Crippen molar-refractivity contribution in [2.24, 2.45) is 17.8 Å². The molecule has 1 aromatic rings. The Balaban J connectivity index is 2.16. The first-order chi connectivity index (χ1) is 22.0. The molecule has 1 aromatic carbocycles. The Labute approximate surface area is 283 Å². The molecule has 264 valence electrons. The molecule has 1 aliphatic rings. The molecule has 10 heteroatoms. The third-order valence-corrected chi connectivity index (χ3v) is 13.8. The Hall–Kier alpha value is -2.79. The fourth-order valence-corrected chi connectivity index (χ4v) is 6.79. The second-order valence-electron chi connectivity index (χ2n) is 14.5. The molecule has 0 radical (unpaired) electrons.